The number of hydrogen-bond donors (Lipinski definition) is 1. The highest BCUT2D eigenvalue weighted by atomic mass is 19.1. The molecule has 0 bridgehead atoms. The van der Waals surface area contributed by atoms with E-state index in [9.17, 15) is 4.39 Å². The van der Waals surface area contributed by atoms with E-state index in [1.165, 1.54) is 38.2 Å². The molecule has 1 aliphatic rings. The molecule has 1 fully saturated rings. The molecule has 0 atom stereocenters. The molecule has 4 rings (SSSR count). The number of halogens is 1. The van der Waals surface area contributed by atoms with Crippen molar-refractivity contribution in [3.8, 4) is 5.82 Å². The summed E-state index contributed by atoms with van der Waals surface area (Å²) in [4.78, 5) is 8.94. The molecule has 1 aliphatic carbocycles. The van der Waals surface area contributed by atoms with E-state index in [-0.39, 0.29) is 5.82 Å². The van der Waals surface area contributed by atoms with E-state index in [1.54, 1.807) is 18.3 Å². The monoisotopic (exact) mass is 310 g/mol. The van der Waals surface area contributed by atoms with Crippen LogP contribution >= 0.6 is 0 Å². The van der Waals surface area contributed by atoms with Gasteiger partial charge in [-0.25, -0.2) is 9.37 Å². The summed E-state index contributed by atoms with van der Waals surface area (Å²) >= 11 is 0. The number of benzene rings is 1. The summed E-state index contributed by atoms with van der Waals surface area (Å²) < 4.78 is 15.7. The first-order valence-corrected chi connectivity index (χ1v) is 8.17. The van der Waals surface area contributed by atoms with Gasteiger partial charge in [-0.2, -0.15) is 4.98 Å². The van der Waals surface area contributed by atoms with Crippen molar-refractivity contribution in [2.24, 2.45) is 0 Å². The fourth-order valence-corrected chi connectivity index (χ4v) is 3.31. The highest BCUT2D eigenvalue weighted by Gasteiger charge is 2.15. The SMILES string of the molecule is Fc1cccc2c1ccn2-c1ccnc(NC2CCCCC2)n1. The lowest BCUT2D eigenvalue weighted by Gasteiger charge is -2.22. The van der Waals surface area contributed by atoms with Crippen LogP contribution in [0.4, 0.5) is 10.3 Å². The third-order valence-corrected chi connectivity index (χ3v) is 4.51. The van der Waals surface area contributed by atoms with E-state index in [2.05, 4.69) is 15.3 Å². The number of anilines is 1. The first-order valence-electron chi connectivity index (χ1n) is 8.17. The summed E-state index contributed by atoms with van der Waals surface area (Å²) in [6, 6.07) is 9.17. The molecule has 118 valence electrons. The zero-order valence-corrected chi connectivity index (χ0v) is 12.9. The first kappa shape index (κ1) is 14.2. The van der Waals surface area contributed by atoms with E-state index in [4.69, 9.17) is 0 Å². The Kier molecular flexibility index (Phi) is 3.69. The molecule has 0 radical (unpaired) electrons. The molecule has 2 aromatic heterocycles. The fourth-order valence-electron chi connectivity index (χ4n) is 3.31. The third-order valence-electron chi connectivity index (χ3n) is 4.51. The quantitative estimate of drug-likeness (QED) is 0.784. The summed E-state index contributed by atoms with van der Waals surface area (Å²) in [5.41, 5.74) is 0.812. The smallest absolute Gasteiger partial charge is 0.224 e. The Morgan fingerprint density at radius 3 is 2.83 bits per heavy atom. The number of fused-ring (bicyclic) bond motifs is 1. The molecule has 1 aromatic carbocycles. The number of hydrogen-bond acceptors (Lipinski definition) is 3. The van der Waals surface area contributed by atoms with Gasteiger partial charge in [-0.1, -0.05) is 25.3 Å². The Morgan fingerprint density at radius 2 is 1.96 bits per heavy atom. The molecule has 1 N–H and O–H groups in total. The molecule has 0 amide bonds. The average Bonchev–Trinajstić information content (AvgIpc) is 3.02. The van der Waals surface area contributed by atoms with Crippen molar-refractivity contribution in [2.45, 2.75) is 38.1 Å². The lowest BCUT2D eigenvalue weighted by molar-refractivity contribution is 0.461. The van der Waals surface area contributed by atoms with Crippen molar-refractivity contribution in [1.82, 2.24) is 14.5 Å². The van der Waals surface area contributed by atoms with Crippen LogP contribution in [0.15, 0.2) is 42.7 Å². The largest absolute Gasteiger partial charge is 0.351 e. The van der Waals surface area contributed by atoms with Gasteiger partial charge in [0.1, 0.15) is 11.6 Å². The van der Waals surface area contributed by atoms with E-state index >= 15 is 0 Å². The van der Waals surface area contributed by atoms with E-state index in [0.717, 1.165) is 11.3 Å². The minimum Gasteiger partial charge on any atom is -0.351 e. The van der Waals surface area contributed by atoms with Crippen molar-refractivity contribution >= 4 is 16.9 Å². The summed E-state index contributed by atoms with van der Waals surface area (Å²) in [6.07, 6.45) is 9.79. The Labute approximate surface area is 134 Å². The Morgan fingerprint density at radius 1 is 1.09 bits per heavy atom. The third kappa shape index (κ3) is 2.79. The Hall–Kier alpha value is -2.43. The van der Waals surface area contributed by atoms with Gasteiger partial charge in [-0.15, -0.1) is 0 Å². The Bertz CT molecular complexity index is 821. The highest BCUT2D eigenvalue weighted by Crippen LogP contribution is 2.23. The second kappa shape index (κ2) is 5.99. The molecule has 0 aliphatic heterocycles. The van der Waals surface area contributed by atoms with E-state index in [1.807, 2.05) is 22.9 Å². The van der Waals surface area contributed by atoms with Gasteiger partial charge >= 0.3 is 0 Å². The lowest BCUT2D eigenvalue weighted by Crippen LogP contribution is -2.23. The average molecular weight is 310 g/mol. The molecule has 3 aromatic rings. The number of aromatic nitrogens is 3. The van der Waals surface area contributed by atoms with Crippen LogP contribution in [0.5, 0.6) is 0 Å². The zero-order chi connectivity index (χ0) is 15.6. The second-order valence-electron chi connectivity index (χ2n) is 6.08. The van der Waals surface area contributed by atoms with Crippen LogP contribution in [0.3, 0.4) is 0 Å². The van der Waals surface area contributed by atoms with Crippen LogP contribution < -0.4 is 5.32 Å². The molecule has 0 unspecified atom stereocenters. The Balaban J connectivity index is 1.66. The second-order valence-corrected chi connectivity index (χ2v) is 6.08. The van der Waals surface area contributed by atoms with E-state index < -0.39 is 0 Å². The molecule has 5 heteroatoms. The maximum absolute atomic E-state index is 13.8. The number of nitrogens with one attached hydrogen (secondary N) is 1. The van der Waals surface area contributed by atoms with Crippen LogP contribution in [-0.2, 0) is 0 Å². The molecule has 0 saturated heterocycles. The molecule has 23 heavy (non-hydrogen) atoms. The summed E-state index contributed by atoms with van der Waals surface area (Å²) in [7, 11) is 0. The molecule has 4 nitrogen and oxygen atoms in total. The van der Waals surface area contributed by atoms with E-state index in [0.29, 0.717) is 17.4 Å². The van der Waals surface area contributed by atoms with Crippen molar-refractivity contribution in [3.63, 3.8) is 0 Å². The highest BCUT2D eigenvalue weighted by molar-refractivity contribution is 5.82. The van der Waals surface area contributed by atoms with Gasteiger partial charge in [-0.05, 0) is 37.1 Å². The molecule has 1 saturated carbocycles. The number of nitrogens with zero attached hydrogens (tertiary/aromatic N) is 3. The summed E-state index contributed by atoms with van der Waals surface area (Å²) in [6.45, 7) is 0. The first-order chi connectivity index (χ1) is 11.3. The van der Waals surface area contributed by atoms with Crippen molar-refractivity contribution in [2.75, 3.05) is 5.32 Å². The standard InChI is InChI=1S/C18H19FN4/c19-15-7-4-8-16-14(15)10-12-23(16)17-9-11-20-18(22-17)21-13-5-2-1-3-6-13/h4,7-13H,1-3,5-6H2,(H,20,21,22). The predicted molar refractivity (Wildman–Crippen MR) is 89.3 cm³/mol. The summed E-state index contributed by atoms with van der Waals surface area (Å²) in [5, 5.41) is 4.04. The van der Waals surface area contributed by atoms with Gasteiger partial charge in [0, 0.05) is 23.8 Å². The van der Waals surface area contributed by atoms with Gasteiger partial charge in [0.2, 0.25) is 5.95 Å². The fraction of sp³-hybridized carbons (Fsp3) is 0.333. The van der Waals surface area contributed by atoms with Gasteiger partial charge in [0.25, 0.3) is 0 Å². The summed E-state index contributed by atoms with van der Waals surface area (Å²) in [5.74, 6) is 1.18. The van der Waals surface area contributed by atoms with Crippen molar-refractivity contribution in [1.29, 1.82) is 0 Å². The maximum Gasteiger partial charge on any atom is 0.224 e. The molecular weight excluding hydrogens is 291 g/mol. The van der Waals surface area contributed by atoms with Crippen LogP contribution in [-0.4, -0.2) is 20.6 Å². The van der Waals surface area contributed by atoms with Gasteiger partial charge in [-0.3, -0.25) is 0 Å². The predicted octanol–water partition coefficient (Wildman–Crippen LogP) is 4.30. The van der Waals surface area contributed by atoms with Crippen LogP contribution in [0.2, 0.25) is 0 Å². The van der Waals surface area contributed by atoms with Crippen LogP contribution in [0.25, 0.3) is 16.7 Å². The normalized spacial score (nSPS) is 15.9. The lowest BCUT2D eigenvalue weighted by atomic mass is 9.96. The minimum absolute atomic E-state index is 0.212. The topological polar surface area (TPSA) is 42.7 Å². The minimum atomic E-state index is -0.212. The molecular formula is C18H19FN4. The number of rotatable bonds is 3. The maximum atomic E-state index is 13.8. The van der Waals surface area contributed by atoms with Crippen molar-refractivity contribution in [3.05, 3.63) is 48.5 Å². The van der Waals surface area contributed by atoms with Gasteiger partial charge in [0.15, 0.2) is 0 Å². The molecule has 2 heterocycles. The van der Waals surface area contributed by atoms with Crippen LogP contribution in [0.1, 0.15) is 32.1 Å². The van der Waals surface area contributed by atoms with Gasteiger partial charge < -0.3 is 9.88 Å². The molecule has 0 spiro atoms. The van der Waals surface area contributed by atoms with Crippen LogP contribution in [0, 0.1) is 5.82 Å². The zero-order valence-electron chi connectivity index (χ0n) is 12.9. The van der Waals surface area contributed by atoms with Gasteiger partial charge in [0.05, 0.1) is 5.52 Å². The van der Waals surface area contributed by atoms with Crippen molar-refractivity contribution < 1.29 is 4.39 Å².